The predicted molar refractivity (Wildman–Crippen MR) is 66.4 cm³/mol. The molecule has 1 unspecified atom stereocenters. The fourth-order valence-electron chi connectivity index (χ4n) is 1.10. The molecule has 0 aromatic carbocycles. The van der Waals surface area contributed by atoms with Gasteiger partial charge < -0.3 is 0 Å². The first-order valence-corrected chi connectivity index (χ1v) is 7.59. The topological polar surface area (TPSA) is 72.5 Å². The van der Waals surface area contributed by atoms with Crippen molar-refractivity contribution in [2.75, 3.05) is 0 Å². The number of hydrogen-bond acceptors (Lipinski definition) is 3. The number of nitrogens with zero attached hydrogens (tertiary/aromatic N) is 1. The van der Waals surface area contributed by atoms with Gasteiger partial charge in [0.25, 0.3) is 5.91 Å². The molecule has 4 nitrogen and oxygen atoms in total. The summed E-state index contributed by atoms with van der Waals surface area (Å²) in [6.45, 7) is 3.95. The minimum Gasteiger partial charge on any atom is -0.272 e. The molecule has 2 N–H and O–H groups in total. The molecular formula is C10H15FN2O2S2. The van der Waals surface area contributed by atoms with E-state index < -0.39 is 21.6 Å². The lowest BCUT2D eigenvalue weighted by molar-refractivity contribution is -0.117. The monoisotopic (exact) mass is 278 g/mol. The molecule has 0 radical (unpaired) electrons. The molecule has 0 saturated heterocycles. The highest BCUT2D eigenvalue weighted by atomic mass is 32.2. The maximum Gasteiger partial charge on any atom is 0.255 e. The first-order chi connectivity index (χ1) is 7.81. The van der Waals surface area contributed by atoms with Gasteiger partial charge in [-0.25, -0.2) is 13.7 Å². The summed E-state index contributed by atoms with van der Waals surface area (Å²) in [6.07, 6.45) is 0.871. The minimum absolute atomic E-state index is 0.0906. The molecule has 0 spiro atoms. The third-order valence-corrected chi connectivity index (χ3v) is 4.87. The molecule has 0 aliphatic rings. The van der Waals surface area contributed by atoms with E-state index in [2.05, 4.69) is 4.36 Å². The van der Waals surface area contributed by atoms with E-state index in [1.54, 1.807) is 0 Å². The van der Waals surface area contributed by atoms with Crippen LogP contribution < -0.4 is 5.14 Å². The van der Waals surface area contributed by atoms with Crippen molar-refractivity contribution in [2.45, 2.75) is 30.9 Å². The van der Waals surface area contributed by atoms with E-state index in [4.69, 9.17) is 5.14 Å². The number of carbonyl (C=O) groups is 1. The van der Waals surface area contributed by atoms with Gasteiger partial charge in [-0.05, 0) is 12.3 Å². The molecule has 1 aromatic heterocycles. The second-order valence-electron chi connectivity index (χ2n) is 4.07. The fourth-order valence-corrected chi connectivity index (χ4v) is 3.15. The van der Waals surface area contributed by atoms with E-state index in [9.17, 15) is 13.4 Å². The predicted octanol–water partition coefficient (Wildman–Crippen LogP) is 2.55. The molecule has 0 aliphatic carbocycles. The van der Waals surface area contributed by atoms with Gasteiger partial charge in [-0.1, -0.05) is 13.8 Å². The lowest BCUT2D eigenvalue weighted by atomic mass is 10.1. The van der Waals surface area contributed by atoms with Crippen LogP contribution in [0, 0.1) is 11.7 Å². The fraction of sp³-hybridized carbons (Fsp3) is 0.500. The molecule has 7 heteroatoms. The quantitative estimate of drug-likeness (QED) is 0.919. The maximum absolute atomic E-state index is 12.8. The van der Waals surface area contributed by atoms with E-state index in [0.29, 0.717) is 12.3 Å². The van der Waals surface area contributed by atoms with Crippen LogP contribution in [0.5, 0.6) is 0 Å². The Hall–Kier alpha value is -0.790. The third kappa shape index (κ3) is 4.53. The van der Waals surface area contributed by atoms with E-state index in [0.717, 1.165) is 17.4 Å². The first kappa shape index (κ1) is 14.3. The Balaban J connectivity index is 2.83. The van der Waals surface area contributed by atoms with Gasteiger partial charge in [-0.2, -0.15) is 0 Å². The van der Waals surface area contributed by atoms with Crippen LogP contribution in [0.15, 0.2) is 20.0 Å². The Bertz CT molecular complexity index is 516. The normalized spacial score (nSPS) is 14.6. The van der Waals surface area contributed by atoms with Crippen molar-refractivity contribution in [3.8, 4) is 0 Å². The zero-order valence-corrected chi connectivity index (χ0v) is 11.3. The van der Waals surface area contributed by atoms with Gasteiger partial charge in [0.15, 0.2) is 9.92 Å². The largest absolute Gasteiger partial charge is 0.272 e. The second-order valence-corrected chi connectivity index (χ2v) is 7.00. The van der Waals surface area contributed by atoms with Crippen molar-refractivity contribution in [3.05, 3.63) is 17.3 Å². The van der Waals surface area contributed by atoms with Crippen molar-refractivity contribution in [1.82, 2.24) is 0 Å². The molecule has 1 atom stereocenters. The van der Waals surface area contributed by atoms with Crippen LogP contribution >= 0.6 is 11.3 Å². The van der Waals surface area contributed by atoms with E-state index in [-0.39, 0.29) is 10.6 Å². The third-order valence-electron chi connectivity index (χ3n) is 2.00. The van der Waals surface area contributed by atoms with Crippen molar-refractivity contribution < 1.29 is 13.4 Å². The second kappa shape index (κ2) is 5.70. The van der Waals surface area contributed by atoms with Crippen molar-refractivity contribution in [1.29, 1.82) is 0 Å². The Morgan fingerprint density at radius 1 is 1.65 bits per heavy atom. The lowest BCUT2D eigenvalue weighted by Gasteiger charge is -2.02. The Morgan fingerprint density at radius 3 is 2.76 bits per heavy atom. The molecule has 1 heterocycles. The number of thiophene rings is 1. The number of amides is 1. The summed E-state index contributed by atoms with van der Waals surface area (Å²) in [6, 6.07) is 1.05. The summed E-state index contributed by atoms with van der Waals surface area (Å²) >= 11 is 0.901. The highest BCUT2D eigenvalue weighted by Gasteiger charge is 2.13. The van der Waals surface area contributed by atoms with E-state index in [1.165, 1.54) is 5.38 Å². The van der Waals surface area contributed by atoms with Crippen LogP contribution in [0.4, 0.5) is 4.39 Å². The highest BCUT2D eigenvalue weighted by molar-refractivity contribution is 7.93. The maximum atomic E-state index is 12.8. The van der Waals surface area contributed by atoms with Crippen molar-refractivity contribution in [3.63, 3.8) is 0 Å². The standard InChI is InChI=1S/C10H15FN2O2S2/c1-7(2)3-4-9(14)13-17(12,15)10-5-8(11)6-16-10/h5-7H,3-4H2,1-2H3,(H2,12,13,14,15). The number of carbonyl (C=O) groups excluding carboxylic acids is 1. The number of nitrogens with two attached hydrogens (primary N) is 1. The van der Waals surface area contributed by atoms with Gasteiger partial charge in [0, 0.05) is 17.9 Å². The van der Waals surface area contributed by atoms with Gasteiger partial charge in [0.05, 0.1) is 0 Å². The molecule has 1 rings (SSSR count). The molecule has 1 aromatic rings. The SMILES string of the molecule is CC(C)CCC(=O)N=S(N)(=O)c1cc(F)cs1. The summed E-state index contributed by atoms with van der Waals surface area (Å²) in [5, 5.41) is 6.62. The zero-order chi connectivity index (χ0) is 13.1. The summed E-state index contributed by atoms with van der Waals surface area (Å²) in [5.74, 6) is -0.657. The van der Waals surface area contributed by atoms with Gasteiger partial charge in [0.1, 0.15) is 10.0 Å². The van der Waals surface area contributed by atoms with Crippen LogP contribution in [0.3, 0.4) is 0 Å². The smallest absolute Gasteiger partial charge is 0.255 e. The Labute approximate surface area is 104 Å². The zero-order valence-electron chi connectivity index (χ0n) is 9.68. The van der Waals surface area contributed by atoms with E-state index in [1.807, 2.05) is 13.8 Å². The van der Waals surface area contributed by atoms with Crippen LogP contribution in [0.25, 0.3) is 0 Å². The molecule has 0 aliphatic heterocycles. The molecule has 0 bridgehead atoms. The average Bonchev–Trinajstić information content (AvgIpc) is 2.62. The van der Waals surface area contributed by atoms with Crippen LogP contribution in [-0.4, -0.2) is 10.1 Å². The summed E-state index contributed by atoms with van der Waals surface area (Å²) in [4.78, 5) is 11.4. The van der Waals surface area contributed by atoms with Gasteiger partial charge in [-0.3, -0.25) is 4.79 Å². The van der Waals surface area contributed by atoms with Crippen LogP contribution in [0.1, 0.15) is 26.7 Å². The highest BCUT2D eigenvalue weighted by Crippen LogP contribution is 2.19. The lowest BCUT2D eigenvalue weighted by Crippen LogP contribution is -2.13. The molecule has 0 saturated carbocycles. The average molecular weight is 278 g/mol. The van der Waals surface area contributed by atoms with Gasteiger partial charge in [-0.15, -0.1) is 15.7 Å². The summed E-state index contributed by atoms with van der Waals surface area (Å²) < 4.78 is 28.2. The first-order valence-electron chi connectivity index (χ1n) is 5.13. The van der Waals surface area contributed by atoms with Crippen molar-refractivity contribution >= 4 is 27.2 Å². The van der Waals surface area contributed by atoms with Gasteiger partial charge in [0.2, 0.25) is 0 Å². The Morgan fingerprint density at radius 2 is 2.29 bits per heavy atom. The van der Waals surface area contributed by atoms with Crippen LogP contribution in [-0.2, 0) is 14.7 Å². The van der Waals surface area contributed by atoms with Crippen molar-refractivity contribution in [2.24, 2.45) is 15.4 Å². The number of hydrogen-bond donors (Lipinski definition) is 1. The molecule has 1 amide bonds. The van der Waals surface area contributed by atoms with Gasteiger partial charge >= 0.3 is 0 Å². The minimum atomic E-state index is -3.28. The molecule has 17 heavy (non-hydrogen) atoms. The van der Waals surface area contributed by atoms with E-state index >= 15 is 0 Å². The number of rotatable bonds is 4. The summed E-state index contributed by atoms with van der Waals surface area (Å²) in [5.41, 5.74) is 0. The molecule has 0 fully saturated rings. The molecule has 96 valence electrons. The van der Waals surface area contributed by atoms with Crippen LogP contribution in [0.2, 0.25) is 0 Å². The Kier molecular flexibility index (Phi) is 4.79. The number of halogens is 1. The summed E-state index contributed by atoms with van der Waals surface area (Å²) in [7, 11) is -3.28. The molecular weight excluding hydrogens is 263 g/mol.